The largest absolute Gasteiger partial charge is 0.369 e. The van der Waals surface area contributed by atoms with E-state index in [2.05, 4.69) is 51.1 Å². The Morgan fingerprint density at radius 2 is 2.43 bits per heavy atom. The minimum Gasteiger partial charge on any atom is -0.369 e. The zero-order chi connectivity index (χ0) is 10.4. The Kier molecular flexibility index (Phi) is 5.54. The average Bonchev–Trinajstić information content (AvgIpc) is 2.17. The van der Waals surface area contributed by atoms with E-state index >= 15 is 0 Å². The fraction of sp³-hybridized carbons (Fsp3) is 0.556. The summed E-state index contributed by atoms with van der Waals surface area (Å²) in [7, 11) is 0. The fourth-order valence-corrected chi connectivity index (χ4v) is 2.23. The highest BCUT2D eigenvalue weighted by Crippen LogP contribution is 2.13. The molecule has 0 amide bonds. The van der Waals surface area contributed by atoms with E-state index in [1.807, 2.05) is 18.0 Å². The number of halogens is 1. The molecular weight excluding hydrogens is 309 g/mol. The molecule has 1 heterocycles. The van der Waals surface area contributed by atoms with Crippen LogP contribution in [-0.4, -0.2) is 28.5 Å². The quantitative estimate of drug-likeness (QED) is 0.845. The van der Waals surface area contributed by atoms with Gasteiger partial charge >= 0.3 is 0 Å². The normalized spacial score (nSPS) is 12.5. The second-order valence-corrected chi connectivity index (χ2v) is 5.23. The SMILES string of the molecule is CSCC(C)CNc1ncncc1I. The molecule has 0 aliphatic heterocycles. The van der Waals surface area contributed by atoms with Crippen molar-refractivity contribution >= 4 is 40.2 Å². The molecule has 3 nitrogen and oxygen atoms in total. The van der Waals surface area contributed by atoms with Gasteiger partial charge in [-0.05, 0) is 40.5 Å². The Morgan fingerprint density at radius 3 is 3.07 bits per heavy atom. The van der Waals surface area contributed by atoms with Gasteiger partial charge in [0.1, 0.15) is 12.1 Å². The third-order valence-corrected chi connectivity index (χ3v) is 3.43. The molecule has 14 heavy (non-hydrogen) atoms. The summed E-state index contributed by atoms with van der Waals surface area (Å²) >= 11 is 4.11. The molecule has 0 aliphatic carbocycles. The number of nitrogens with zero attached hydrogens (tertiary/aromatic N) is 2. The Labute approximate surface area is 103 Å². The predicted molar refractivity (Wildman–Crippen MR) is 70.8 cm³/mol. The van der Waals surface area contributed by atoms with Gasteiger partial charge in [-0.3, -0.25) is 0 Å². The van der Waals surface area contributed by atoms with Crippen molar-refractivity contribution in [1.29, 1.82) is 0 Å². The van der Waals surface area contributed by atoms with Crippen molar-refractivity contribution in [3.63, 3.8) is 0 Å². The van der Waals surface area contributed by atoms with E-state index in [-0.39, 0.29) is 0 Å². The lowest BCUT2D eigenvalue weighted by Gasteiger charge is -2.11. The molecule has 78 valence electrons. The molecule has 1 aromatic rings. The molecule has 0 fully saturated rings. The van der Waals surface area contributed by atoms with Crippen LogP contribution in [-0.2, 0) is 0 Å². The molecule has 1 atom stereocenters. The zero-order valence-corrected chi connectivity index (χ0v) is 11.3. The minimum absolute atomic E-state index is 0.663. The van der Waals surface area contributed by atoms with E-state index in [0.29, 0.717) is 5.92 Å². The predicted octanol–water partition coefficient (Wildman–Crippen LogP) is 2.49. The summed E-state index contributed by atoms with van der Waals surface area (Å²) < 4.78 is 1.07. The summed E-state index contributed by atoms with van der Waals surface area (Å²) in [6.07, 6.45) is 5.52. The van der Waals surface area contributed by atoms with Crippen LogP contribution in [0.25, 0.3) is 0 Å². The van der Waals surface area contributed by atoms with Crippen molar-refractivity contribution in [3.8, 4) is 0 Å². The minimum atomic E-state index is 0.663. The number of nitrogens with one attached hydrogen (secondary N) is 1. The van der Waals surface area contributed by atoms with E-state index in [1.54, 1.807) is 6.33 Å². The fourth-order valence-electron chi connectivity index (χ4n) is 1.06. The van der Waals surface area contributed by atoms with Crippen molar-refractivity contribution in [2.75, 3.05) is 23.9 Å². The summed E-state index contributed by atoms with van der Waals surface area (Å²) in [5, 5.41) is 3.33. The van der Waals surface area contributed by atoms with Crippen molar-refractivity contribution in [3.05, 3.63) is 16.1 Å². The lowest BCUT2D eigenvalue weighted by Crippen LogP contribution is -2.14. The van der Waals surface area contributed by atoms with Crippen LogP contribution in [0.15, 0.2) is 12.5 Å². The Morgan fingerprint density at radius 1 is 1.64 bits per heavy atom. The molecule has 0 radical (unpaired) electrons. The molecule has 0 aromatic carbocycles. The summed E-state index contributed by atoms with van der Waals surface area (Å²) in [4.78, 5) is 8.12. The van der Waals surface area contributed by atoms with Crippen LogP contribution in [0.5, 0.6) is 0 Å². The van der Waals surface area contributed by atoms with Crippen LogP contribution in [0.4, 0.5) is 5.82 Å². The van der Waals surface area contributed by atoms with E-state index in [1.165, 1.54) is 5.75 Å². The lowest BCUT2D eigenvalue weighted by molar-refractivity contribution is 0.699. The van der Waals surface area contributed by atoms with Gasteiger partial charge in [0.05, 0.1) is 3.57 Å². The van der Waals surface area contributed by atoms with E-state index in [4.69, 9.17) is 0 Å². The monoisotopic (exact) mass is 323 g/mol. The van der Waals surface area contributed by atoms with Gasteiger partial charge in [0, 0.05) is 12.7 Å². The molecule has 0 bridgehead atoms. The molecule has 0 saturated heterocycles. The van der Waals surface area contributed by atoms with Gasteiger partial charge in [-0.15, -0.1) is 0 Å². The van der Waals surface area contributed by atoms with Gasteiger partial charge in [-0.25, -0.2) is 9.97 Å². The van der Waals surface area contributed by atoms with Crippen LogP contribution >= 0.6 is 34.4 Å². The van der Waals surface area contributed by atoms with Crippen molar-refractivity contribution in [2.24, 2.45) is 5.92 Å². The molecule has 5 heteroatoms. The maximum absolute atomic E-state index is 4.17. The summed E-state index contributed by atoms with van der Waals surface area (Å²) in [6, 6.07) is 0. The zero-order valence-electron chi connectivity index (χ0n) is 8.33. The van der Waals surface area contributed by atoms with Crippen LogP contribution in [0.1, 0.15) is 6.92 Å². The highest BCUT2D eigenvalue weighted by Gasteiger charge is 2.03. The Hall–Kier alpha value is -0.0400. The molecule has 1 aromatic heterocycles. The Bertz CT molecular complexity index is 283. The van der Waals surface area contributed by atoms with Gasteiger partial charge in [0.15, 0.2) is 0 Å². The van der Waals surface area contributed by atoms with Gasteiger partial charge in [0.25, 0.3) is 0 Å². The van der Waals surface area contributed by atoms with E-state index in [9.17, 15) is 0 Å². The highest BCUT2D eigenvalue weighted by molar-refractivity contribution is 14.1. The topological polar surface area (TPSA) is 37.8 Å². The number of hydrogen-bond acceptors (Lipinski definition) is 4. The van der Waals surface area contributed by atoms with Crippen LogP contribution in [0.2, 0.25) is 0 Å². The molecule has 1 unspecified atom stereocenters. The van der Waals surface area contributed by atoms with Crippen molar-refractivity contribution in [2.45, 2.75) is 6.92 Å². The van der Waals surface area contributed by atoms with E-state index < -0.39 is 0 Å². The standard InChI is InChI=1S/C9H14IN3S/c1-7(5-14-2)3-12-9-8(10)4-11-6-13-9/h4,6-7H,3,5H2,1-2H3,(H,11,12,13). The van der Waals surface area contributed by atoms with Crippen LogP contribution in [0.3, 0.4) is 0 Å². The molecule has 0 spiro atoms. The summed E-state index contributed by atoms with van der Waals surface area (Å²) in [5.74, 6) is 2.78. The lowest BCUT2D eigenvalue weighted by atomic mass is 10.2. The van der Waals surface area contributed by atoms with Gasteiger partial charge in [-0.2, -0.15) is 11.8 Å². The van der Waals surface area contributed by atoms with Gasteiger partial charge in [0.2, 0.25) is 0 Å². The molecule has 0 aliphatic rings. The van der Waals surface area contributed by atoms with E-state index in [0.717, 1.165) is 15.9 Å². The van der Waals surface area contributed by atoms with Crippen molar-refractivity contribution < 1.29 is 0 Å². The van der Waals surface area contributed by atoms with Gasteiger partial charge < -0.3 is 5.32 Å². The third-order valence-electron chi connectivity index (χ3n) is 1.74. The number of thioether (sulfide) groups is 1. The number of hydrogen-bond donors (Lipinski definition) is 1. The third kappa shape index (κ3) is 4.00. The molecular formula is C9H14IN3S. The first kappa shape index (κ1) is 12.0. The number of anilines is 1. The van der Waals surface area contributed by atoms with Crippen molar-refractivity contribution in [1.82, 2.24) is 9.97 Å². The first-order chi connectivity index (χ1) is 6.74. The highest BCUT2D eigenvalue weighted by atomic mass is 127. The maximum atomic E-state index is 4.17. The summed E-state index contributed by atoms with van der Waals surface area (Å²) in [5.41, 5.74) is 0. The smallest absolute Gasteiger partial charge is 0.142 e. The van der Waals surface area contributed by atoms with Crippen LogP contribution in [0, 0.1) is 9.49 Å². The second-order valence-electron chi connectivity index (χ2n) is 3.16. The molecule has 1 rings (SSSR count). The first-order valence-electron chi connectivity index (χ1n) is 4.42. The number of aromatic nitrogens is 2. The first-order valence-corrected chi connectivity index (χ1v) is 6.89. The number of rotatable bonds is 5. The van der Waals surface area contributed by atoms with Gasteiger partial charge in [-0.1, -0.05) is 6.92 Å². The second kappa shape index (κ2) is 6.44. The summed E-state index contributed by atoms with van der Waals surface area (Å²) in [6.45, 7) is 3.20. The average molecular weight is 323 g/mol. The molecule has 1 N–H and O–H groups in total. The van der Waals surface area contributed by atoms with Crippen LogP contribution < -0.4 is 5.32 Å². The Balaban J connectivity index is 2.41. The molecule has 0 saturated carbocycles. The maximum Gasteiger partial charge on any atom is 0.142 e.